The highest BCUT2D eigenvalue weighted by molar-refractivity contribution is 5.96. The standard InChI is InChI=1S/C17H16N4O2/c18-8-12-6-15(19-9-12)17(23)20-10-13-7-16(22)21(11-13)14-4-2-1-3-5-14/h1-6,9,13,19H,7,10-11H2,(H,20,23). The van der Waals surface area contributed by atoms with Gasteiger partial charge < -0.3 is 15.2 Å². The molecule has 3 rings (SSSR count). The maximum Gasteiger partial charge on any atom is 0.267 e. The van der Waals surface area contributed by atoms with Crippen molar-refractivity contribution in [2.24, 2.45) is 5.92 Å². The fourth-order valence-corrected chi connectivity index (χ4v) is 2.70. The molecule has 2 heterocycles. The Balaban J connectivity index is 1.57. The van der Waals surface area contributed by atoms with Gasteiger partial charge >= 0.3 is 0 Å². The number of hydrogen-bond acceptors (Lipinski definition) is 3. The molecule has 1 unspecified atom stereocenters. The van der Waals surface area contributed by atoms with Gasteiger partial charge in [-0.25, -0.2) is 0 Å². The molecule has 6 nitrogen and oxygen atoms in total. The normalized spacial score (nSPS) is 17.1. The number of para-hydroxylation sites is 1. The van der Waals surface area contributed by atoms with Crippen LogP contribution in [-0.2, 0) is 4.79 Å². The molecule has 2 amide bonds. The number of H-pyrrole nitrogens is 1. The molecule has 1 saturated heterocycles. The Labute approximate surface area is 133 Å². The molecule has 0 aliphatic carbocycles. The Morgan fingerprint density at radius 3 is 2.87 bits per heavy atom. The molecule has 0 radical (unpaired) electrons. The third kappa shape index (κ3) is 3.24. The van der Waals surface area contributed by atoms with Crippen molar-refractivity contribution in [3.05, 3.63) is 53.9 Å². The van der Waals surface area contributed by atoms with Gasteiger partial charge in [-0.2, -0.15) is 5.26 Å². The fraction of sp³-hybridized carbons (Fsp3) is 0.235. The van der Waals surface area contributed by atoms with Crippen molar-refractivity contribution in [3.63, 3.8) is 0 Å². The minimum Gasteiger partial charge on any atom is -0.356 e. The molecule has 2 N–H and O–H groups in total. The number of nitrogens with zero attached hydrogens (tertiary/aromatic N) is 2. The lowest BCUT2D eigenvalue weighted by molar-refractivity contribution is -0.117. The summed E-state index contributed by atoms with van der Waals surface area (Å²) in [6.07, 6.45) is 1.91. The van der Waals surface area contributed by atoms with Crippen LogP contribution in [0.3, 0.4) is 0 Å². The topological polar surface area (TPSA) is 89.0 Å². The van der Waals surface area contributed by atoms with Gasteiger partial charge in [-0.15, -0.1) is 0 Å². The van der Waals surface area contributed by atoms with E-state index in [2.05, 4.69) is 10.3 Å². The molecule has 1 aromatic heterocycles. The summed E-state index contributed by atoms with van der Waals surface area (Å²) in [5.41, 5.74) is 1.65. The van der Waals surface area contributed by atoms with Crippen LogP contribution in [0.25, 0.3) is 0 Å². The molecule has 23 heavy (non-hydrogen) atoms. The van der Waals surface area contributed by atoms with Crippen molar-refractivity contribution < 1.29 is 9.59 Å². The third-order valence-corrected chi connectivity index (χ3v) is 3.88. The number of benzene rings is 1. The minimum atomic E-state index is -0.267. The highest BCUT2D eigenvalue weighted by Crippen LogP contribution is 2.24. The van der Waals surface area contributed by atoms with Crippen LogP contribution in [0, 0.1) is 17.2 Å². The average Bonchev–Trinajstić information content (AvgIpc) is 3.20. The number of carbonyl (C=O) groups excluding carboxylic acids is 2. The lowest BCUT2D eigenvalue weighted by atomic mass is 10.1. The quantitative estimate of drug-likeness (QED) is 0.900. The highest BCUT2D eigenvalue weighted by atomic mass is 16.2. The lowest BCUT2D eigenvalue weighted by Gasteiger charge is -2.16. The second-order valence-electron chi connectivity index (χ2n) is 5.53. The van der Waals surface area contributed by atoms with E-state index in [-0.39, 0.29) is 17.7 Å². The third-order valence-electron chi connectivity index (χ3n) is 3.88. The number of aromatic nitrogens is 1. The molecule has 0 spiro atoms. The van der Waals surface area contributed by atoms with Gasteiger partial charge in [-0.1, -0.05) is 18.2 Å². The predicted molar refractivity (Wildman–Crippen MR) is 84.7 cm³/mol. The molecule has 1 aliphatic heterocycles. The van der Waals surface area contributed by atoms with E-state index in [0.717, 1.165) is 5.69 Å². The van der Waals surface area contributed by atoms with E-state index in [1.165, 1.54) is 12.3 Å². The van der Waals surface area contributed by atoms with Crippen LogP contribution in [0.2, 0.25) is 0 Å². The van der Waals surface area contributed by atoms with E-state index in [4.69, 9.17) is 5.26 Å². The van der Waals surface area contributed by atoms with Crippen molar-refractivity contribution in [3.8, 4) is 6.07 Å². The zero-order valence-electron chi connectivity index (χ0n) is 12.5. The molecule has 1 aliphatic rings. The summed E-state index contributed by atoms with van der Waals surface area (Å²) in [5, 5.41) is 11.6. The molecule has 1 fully saturated rings. The van der Waals surface area contributed by atoms with Crippen LogP contribution in [0.5, 0.6) is 0 Å². The van der Waals surface area contributed by atoms with Crippen LogP contribution in [0.4, 0.5) is 5.69 Å². The van der Waals surface area contributed by atoms with Gasteiger partial charge in [0.1, 0.15) is 11.8 Å². The van der Waals surface area contributed by atoms with Crippen molar-refractivity contribution in [2.45, 2.75) is 6.42 Å². The summed E-state index contributed by atoms with van der Waals surface area (Å²) < 4.78 is 0. The van der Waals surface area contributed by atoms with Crippen molar-refractivity contribution in [1.29, 1.82) is 5.26 Å². The van der Waals surface area contributed by atoms with Gasteiger partial charge in [-0.3, -0.25) is 9.59 Å². The van der Waals surface area contributed by atoms with Crippen LogP contribution in [-0.4, -0.2) is 29.9 Å². The number of carbonyl (C=O) groups is 2. The van der Waals surface area contributed by atoms with E-state index in [1.54, 1.807) is 4.90 Å². The largest absolute Gasteiger partial charge is 0.356 e. The monoisotopic (exact) mass is 308 g/mol. The zero-order chi connectivity index (χ0) is 16.2. The summed E-state index contributed by atoms with van der Waals surface area (Å²) >= 11 is 0. The van der Waals surface area contributed by atoms with Crippen molar-refractivity contribution >= 4 is 17.5 Å². The molecule has 1 aromatic carbocycles. The predicted octanol–water partition coefficient (Wildman–Crippen LogP) is 1.67. The maximum atomic E-state index is 12.1. The van der Waals surface area contributed by atoms with E-state index in [1.807, 2.05) is 36.4 Å². The van der Waals surface area contributed by atoms with Crippen LogP contribution in [0.1, 0.15) is 22.5 Å². The first-order valence-electron chi connectivity index (χ1n) is 7.39. The molecule has 0 bridgehead atoms. The summed E-state index contributed by atoms with van der Waals surface area (Å²) in [7, 11) is 0. The summed E-state index contributed by atoms with van der Waals surface area (Å²) in [6.45, 7) is 1.02. The molecular formula is C17H16N4O2. The smallest absolute Gasteiger partial charge is 0.267 e. The van der Waals surface area contributed by atoms with Crippen molar-refractivity contribution in [2.75, 3.05) is 18.0 Å². The number of rotatable bonds is 4. The first kappa shape index (κ1) is 14.9. The lowest BCUT2D eigenvalue weighted by Crippen LogP contribution is -2.31. The molecule has 116 valence electrons. The minimum absolute atomic E-state index is 0.0714. The SMILES string of the molecule is N#Cc1c[nH]c(C(=O)NCC2CC(=O)N(c3ccccc3)C2)c1. The Morgan fingerprint density at radius 1 is 1.39 bits per heavy atom. The number of aromatic amines is 1. The van der Waals surface area contributed by atoms with Gasteiger partial charge in [0.2, 0.25) is 5.91 Å². The number of nitriles is 1. The molecule has 2 aromatic rings. The number of nitrogens with one attached hydrogen (secondary N) is 2. The van der Waals surface area contributed by atoms with Crippen molar-refractivity contribution in [1.82, 2.24) is 10.3 Å². The fourth-order valence-electron chi connectivity index (χ4n) is 2.70. The number of anilines is 1. The van der Waals surface area contributed by atoms with E-state index in [9.17, 15) is 9.59 Å². The van der Waals surface area contributed by atoms with Gasteiger partial charge in [0.25, 0.3) is 5.91 Å². The molecule has 0 saturated carbocycles. The number of amides is 2. The van der Waals surface area contributed by atoms with E-state index >= 15 is 0 Å². The average molecular weight is 308 g/mol. The summed E-state index contributed by atoms with van der Waals surface area (Å²) in [5.74, 6) is -0.115. The second-order valence-corrected chi connectivity index (χ2v) is 5.53. The zero-order valence-corrected chi connectivity index (χ0v) is 12.5. The Bertz CT molecular complexity index is 760. The Morgan fingerprint density at radius 2 is 2.17 bits per heavy atom. The van der Waals surface area contributed by atoms with Gasteiger partial charge in [0.05, 0.1) is 5.56 Å². The van der Waals surface area contributed by atoms with Crippen LogP contribution < -0.4 is 10.2 Å². The molecule has 6 heteroatoms. The van der Waals surface area contributed by atoms with Crippen LogP contribution in [0.15, 0.2) is 42.6 Å². The first-order chi connectivity index (χ1) is 11.2. The molecule has 1 atom stereocenters. The Kier molecular flexibility index (Phi) is 4.11. The summed E-state index contributed by atoms with van der Waals surface area (Å²) in [6, 6.07) is 13.0. The maximum absolute atomic E-state index is 12.1. The van der Waals surface area contributed by atoms with E-state index in [0.29, 0.717) is 30.8 Å². The Hall–Kier alpha value is -3.07. The number of hydrogen-bond donors (Lipinski definition) is 2. The van der Waals surface area contributed by atoms with Crippen LogP contribution >= 0.6 is 0 Å². The first-order valence-corrected chi connectivity index (χ1v) is 7.39. The van der Waals surface area contributed by atoms with Gasteiger partial charge in [0, 0.05) is 37.3 Å². The molecular weight excluding hydrogens is 292 g/mol. The van der Waals surface area contributed by atoms with Gasteiger partial charge in [0.15, 0.2) is 0 Å². The second kappa shape index (κ2) is 6.36. The highest BCUT2D eigenvalue weighted by Gasteiger charge is 2.30. The van der Waals surface area contributed by atoms with Gasteiger partial charge in [-0.05, 0) is 18.2 Å². The van der Waals surface area contributed by atoms with E-state index < -0.39 is 0 Å². The summed E-state index contributed by atoms with van der Waals surface area (Å²) in [4.78, 5) is 28.6.